The first-order valence-corrected chi connectivity index (χ1v) is 4.95. The minimum atomic E-state index is 0.167. The molecule has 0 spiro atoms. The van der Waals surface area contributed by atoms with Crippen molar-refractivity contribution in [2.45, 2.75) is 19.4 Å². The van der Waals surface area contributed by atoms with E-state index in [4.69, 9.17) is 23.3 Å². The van der Waals surface area contributed by atoms with E-state index >= 15 is 0 Å². The molecule has 2 nitrogen and oxygen atoms in total. The fourth-order valence-electron chi connectivity index (χ4n) is 1.19. The highest BCUT2D eigenvalue weighted by Crippen LogP contribution is 2.23. The van der Waals surface area contributed by atoms with E-state index in [0.717, 1.165) is 5.69 Å². The van der Waals surface area contributed by atoms with E-state index < -0.39 is 0 Å². The second-order valence-electron chi connectivity index (χ2n) is 3.26. The Morgan fingerprint density at radius 2 is 2.33 bits per heavy atom. The van der Waals surface area contributed by atoms with Crippen molar-refractivity contribution < 1.29 is 0 Å². The number of terminal acetylenes is 1. The smallest absolute Gasteiger partial charge is 0.0992 e. The van der Waals surface area contributed by atoms with Crippen LogP contribution in [0.3, 0.4) is 0 Å². The van der Waals surface area contributed by atoms with Crippen LogP contribution in [0.5, 0.6) is 0 Å². The number of nitriles is 1. The van der Waals surface area contributed by atoms with Crippen molar-refractivity contribution in [2.24, 2.45) is 0 Å². The SMILES string of the molecule is C#CCC(C)Nc1ccc(C#N)cc1Cl. The first-order valence-electron chi connectivity index (χ1n) is 4.57. The van der Waals surface area contributed by atoms with Crippen molar-refractivity contribution in [2.75, 3.05) is 5.32 Å². The lowest BCUT2D eigenvalue weighted by Gasteiger charge is -2.13. The number of nitrogens with zero attached hydrogens (tertiary/aromatic N) is 1. The average molecular weight is 219 g/mol. The highest BCUT2D eigenvalue weighted by atomic mass is 35.5. The molecule has 0 saturated carbocycles. The number of anilines is 1. The molecule has 1 rings (SSSR count). The van der Waals surface area contributed by atoms with Gasteiger partial charge in [-0.1, -0.05) is 11.6 Å². The van der Waals surface area contributed by atoms with Gasteiger partial charge in [0, 0.05) is 12.5 Å². The first-order chi connectivity index (χ1) is 7.17. The van der Waals surface area contributed by atoms with Crippen LogP contribution in [0.15, 0.2) is 18.2 Å². The topological polar surface area (TPSA) is 35.8 Å². The normalized spacial score (nSPS) is 11.2. The van der Waals surface area contributed by atoms with Crippen LogP contribution in [0.1, 0.15) is 18.9 Å². The van der Waals surface area contributed by atoms with Crippen molar-refractivity contribution in [1.29, 1.82) is 5.26 Å². The van der Waals surface area contributed by atoms with Crippen LogP contribution in [0, 0.1) is 23.7 Å². The zero-order valence-electron chi connectivity index (χ0n) is 8.42. The Morgan fingerprint density at radius 1 is 1.60 bits per heavy atom. The summed E-state index contributed by atoms with van der Waals surface area (Å²) in [6.07, 6.45) is 5.84. The largest absolute Gasteiger partial charge is 0.380 e. The van der Waals surface area contributed by atoms with E-state index in [-0.39, 0.29) is 6.04 Å². The Hall–Kier alpha value is -1.64. The zero-order valence-corrected chi connectivity index (χ0v) is 9.17. The molecule has 1 N–H and O–H groups in total. The summed E-state index contributed by atoms with van der Waals surface area (Å²) in [4.78, 5) is 0. The molecule has 0 fully saturated rings. The maximum Gasteiger partial charge on any atom is 0.0992 e. The van der Waals surface area contributed by atoms with Gasteiger partial charge in [0.2, 0.25) is 0 Å². The molecule has 0 aromatic heterocycles. The molecule has 0 aliphatic rings. The third-order valence-corrected chi connectivity index (χ3v) is 2.24. The van der Waals surface area contributed by atoms with Gasteiger partial charge in [0.1, 0.15) is 0 Å². The summed E-state index contributed by atoms with van der Waals surface area (Å²) < 4.78 is 0. The van der Waals surface area contributed by atoms with Crippen LogP contribution in [-0.4, -0.2) is 6.04 Å². The second kappa shape index (κ2) is 5.29. The lowest BCUT2D eigenvalue weighted by molar-refractivity contribution is 0.829. The number of hydrogen-bond donors (Lipinski definition) is 1. The molecule has 15 heavy (non-hydrogen) atoms. The zero-order chi connectivity index (χ0) is 11.3. The van der Waals surface area contributed by atoms with Gasteiger partial charge in [-0.05, 0) is 25.1 Å². The van der Waals surface area contributed by atoms with Gasteiger partial charge < -0.3 is 5.32 Å². The summed E-state index contributed by atoms with van der Waals surface area (Å²) in [6, 6.07) is 7.33. The number of hydrogen-bond acceptors (Lipinski definition) is 2. The van der Waals surface area contributed by atoms with Crippen LogP contribution in [0.4, 0.5) is 5.69 Å². The van der Waals surface area contributed by atoms with E-state index in [1.807, 2.05) is 13.0 Å². The van der Waals surface area contributed by atoms with Gasteiger partial charge in [-0.15, -0.1) is 12.3 Å². The molecule has 0 heterocycles. The van der Waals surface area contributed by atoms with Crippen LogP contribution < -0.4 is 5.32 Å². The molecule has 0 radical (unpaired) electrons. The number of benzene rings is 1. The van der Waals surface area contributed by atoms with Crippen LogP contribution in [-0.2, 0) is 0 Å². The molecule has 3 heteroatoms. The summed E-state index contributed by atoms with van der Waals surface area (Å²) in [5, 5.41) is 12.4. The molecule has 1 unspecified atom stereocenters. The van der Waals surface area contributed by atoms with Gasteiger partial charge in [-0.25, -0.2) is 0 Å². The Morgan fingerprint density at radius 3 is 2.87 bits per heavy atom. The monoisotopic (exact) mass is 218 g/mol. The number of nitrogens with one attached hydrogen (secondary N) is 1. The third-order valence-electron chi connectivity index (χ3n) is 1.92. The highest BCUT2D eigenvalue weighted by Gasteiger charge is 2.04. The summed E-state index contributed by atoms with van der Waals surface area (Å²) in [5.74, 6) is 2.57. The van der Waals surface area contributed by atoms with Crippen LogP contribution >= 0.6 is 11.6 Å². The summed E-state index contributed by atoms with van der Waals surface area (Å²) >= 11 is 5.99. The first kappa shape index (κ1) is 11.4. The van der Waals surface area contributed by atoms with Crippen molar-refractivity contribution in [3.63, 3.8) is 0 Å². The lowest BCUT2D eigenvalue weighted by atomic mass is 10.2. The van der Waals surface area contributed by atoms with Crippen molar-refractivity contribution in [1.82, 2.24) is 0 Å². The highest BCUT2D eigenvalue weighted by molar-refractivity contribution is 6.33. The third kappa shape index (κ3) is 3.20. The van der Waals surface area contributed by atoms with E-state index in [1.165, 1.54) is 0 Å². The molecular weight excluding hydrogens is 208 g/mol. The minimum Gasteiger partial charge on any atom is -0.380 e. The molecule has 0 aliphatic heterocycles. The van der Waals surface area contributed by atoms with Crippen molar-refractivity contribution in [3.8, 4) is 18.4 Å². The van der Waals surface area contributed by atoms with Gasteiger partial charge >= 0.3 is 0 Å². The molecule has 1 aromatic carbocycles. The van der Waals surface area contributed by atoms with Gasteiger partial charge in [0.25, 0.3) is 0 Å². The molecule has 0 amide bonds. The average Bonchev–Trinajstić information content (AvgIpc) is 2.21. The van der Waals surface area contributed by atoms with E-state index in [2.05, 4.69) is 11.2 Å². The van der Waals surface area contributed by atoms with Crippen LogP contribution in [0.25, 0.3) is 0 Å². The van der Waals surface area contributed by atoms with Gasteiger partial charge in [-0.2, -0.15) is 5.26 Å². The second-order valence-corrected chi connectivity index (χ2v) is 3.67. The number of halogens is 1. The molecular formula is C12H11ClN2. The minimum absolute atomic E-state index is 0.167. The quantitative estimate of drug-likeness (QED) is 0.792. The van der Waals surface area contributed by atoms with Crippen molar-refractivity contribution in [3.05, 3.63) is 28.8 Å². The van der Waals surface area contributed by atoms with Crippen molar-refractivity contribution >= 4 is 17.3 Å². The van der Waals surface area contributed by atoms with E-state index in [0.29, 0.717) is 17.0 Å². The molecule has 0 aliphatic carbocycles. The molecule has 0 bridgehead atoms. The van der Waals surface area contributed by atoms with Gasteiger partial charge in [0.05, 0.1) is 22.3 Å². The predicted octanol–water partition coefficient (Wildman–Crippen LogP) is 3.04. The van der Waals surface area contributed by atoms with Crippen LogP contribution in [0.2, 0.25) is 5.02 Å². The summed E-state index contributed by atoms with van der Waals surface area (Å²) in [5.41, 5.74) is 1.36. The molecule has 1 aromatic rings. The standard InChI is InChI=1S/C12H11ClN2/c1-3-4-9(2)15-12-6-5-10(8-14)7-11(12)13/h1,5-7,9,15H,4H2,2H3. The summed E-state index contributed by atoms with van der Waals surface area (Å²) in [6.45, 7) is 1.98. The Kier molecular flexibility index (Phi) is 4.03. The maximum absolute atomic E-state index is 8.66. The fourth-order valence-corrected chi connectivity index (χ4v) is 1.43. The molecule has 76 valence electrons. The van der Waals surface area contributed by atoms with Gasteiger partial charge in [0.15, 0.2) is 0 Å². The van der Waals surface area contributed by atoms with E-state index in [9.17, 15) is 0 Å². The Labute approximate surface area is 94.9 Å². The Balaban J connectivity index is 2.80. The maximum atomic E-state index is 8.66. The number of rotatable bonds is 3. The molecule has 0 saturated heterocycles. The lowest BCUT2D eigenvalue weighted by Crippen LogP contribution is -2.14. The molecule has 1 atom stereocenters. The van der Waals surface area contributed by atoms with E-state index in [1.54, 1.807) is 18.2 Å². The fraction of sp³-hybridized carbons (Fsp3) is 0.250. The predicted molar refractivity (Wildman–Crippen MR) is 62.7 cm³/mol. The summed E-state index contributed by atoms with van der Waals surface area (Å²) in [7, 11) is 0. The Bertz CT molecular complexity index is 426. The van der Waals surface area contributed by atoms with Gasteiger partial charge in [-0.3, -0.25) is 0 Å².